The van der Waals surface area contributed by atoms with Gasteiger partial charge < -0.3 is 14.9 Å². The molecule has 0 aromatic heterocycles. The van der Waals surface area contributed by atoms with Crippen molar-refractivity contribution in [2.45, 2.75) is 52.2 Å². The second-order valence-electron chi connectivity index (χ2n) is 5.69. The van der Waals surface area contributed by atoms with E-state index in [4.69, 9.17) is 4.74 Å². The lowest BCUT2D eigenvalue weighted by atomic mass is 9.92. The van der Waals surface area contributed by atoms with Gasteiger partial charge in [-0.25, -0.2) is 0 Å². The maximum Gasteiger partial charge on any atom is 0.122 e. The molecular formula is C16H26O3. The van der Waals surface area contributed by atoms with Gasteiger partial charge in [0.1, 0.15) is 5.75 Å². The minimum absolute atomic E-state index is 0.146. The number of hydrogen-bond acceptors (Lipinski definition) is 3. The predicted molar refractivity (Wildman–Crippen MR) is 77.5 cm³/mol. The van der Waals surface area contributed by atoms with Crippen LogP contribution in [-0.4, -0.2) is 29.0 Å². The van der Waals surface area contributed by atoms with Crippen molar-refractivity contribution in [1.82, 2.24) is 0 Å². The number of benzene rings is 1. The smallest absolute Gasteiger partial charge is 0.122 e. The molecule has 0 aliphatic carbocycles. The quantitative estimate of drug-likeness (QED) is 0.797. The third-order valence-corrected chi connectivity index (χ3v) is 3.17. The topological polar surface area (TPSA) is 49.7 Å². The van der Waals surface area contributed by atoms with Crippen LogP contribution in [0.3, 0.4) is 0 Å². The SMILES string of the molecule is CC(C)COc1ccccc1C(C)CC(O)C(C)O. The lowest BCUT2D eigenvalue weighted by Gasteiger charge is -2.21. The molecule has 3 atom stereocenters. The Morgan fingerprint density at radius 3 is 2.26 bits per heavy atom. The molecule has 3 nitrogen and oxygen atoms in total. The molecule has 0 saturated carbocycles. The summed E-state index contributed by atoms with van der Waals surface area (Å²) in [5, 5.41) is 19.2. The fraction of sp³-hybridized carbons (Fsp3) is 0.625. The Kier molecular flexibility index (Phi) is 6.32. The molecule has 0 spiro atoms. The van der Waals surface area contributed by atoms with E-state index in [9.17, 15) is 10.2 Å². The number of rotatable bonds is 7. The van der Waals surface area contributed by atoms with E-state index < -0.39 is 12.2 Å². The first-order chi connectivity index (χ1) is 8.91. The summed E-state index contributed by atoms with van der Waals surface area (Å²) >= 11 is 0. The van der Waals surface area contributed by atoms with Crippen molar-refractivity contribution in [2.75, 3.05) is 6.61 Å². The third-order valence-electron chi connectivity index (χ3n) is 3.17. The van der Waals surface area contributed by atoms with Gasteiger partial charge in [-0.3, -0.25) is 0 Å². The summed E-state index contributed by atoms with van der Waals surface area (Å²) in [6, 6.07) is 7.91. The number of ether oxygens (including phenoxy) is 1. The van der Waals surface area contributed by atoms with Crippen LogP contribution in [0, 0.1) is 5.92 Å². The Morgan fingerprint density at radius 2 is 1.68 bits per heavy atom. The molecule has 0 heterocycles. The fourth-order valence-electron chi connectivity index (χ4n) is 1.96. The van der Waals surface area contributed by atoms with Gasteiger partial charge in [-0.15, -0.1) is 0 Å². The largest absolute Gasteiger partial charge is 0.493 e. The zero-order chi connectivity index (χ0) is 14.4. The summed E-state index contributed by atoms with van der Waals surface area (Å²) in [6.07, 6.45) is -0.876. The van der Waals surface area contributed by atoms with Crippen LogP contribution in [0.4, 0.5) is 0 Å². The lowest BCUT2D eigenvalue weighted by Crippen LogP contribution is -2.24. The Labute approximate surface area is 116 Å². The summed E-state index contributed by atoms with van der Waals surface area (Å²) in [4.78, 5) is 0. The fourth-order valence-corrected chi connectivity index (χ4v) is 1.96. The first-order valence-corrected chi connectivity index (χ1v) is 6.99. The zero-order valence-electron chi connectivity index (χ0n) is 12.3. The number of aliphatic hydroxyl groups is 2. The van der Waals surface area contributed by atoms with Crippen LogP contribution in [0.25, 0.3) is 0 Å². The van der Waals surface area contributed by atoms with Gasteiger partial charge in [-0.05, 0) is 36.8 Å². The normalized spacial score (nSPS) is 16.2. The van der Waals surface area contributed by atoms with Crippen molar-refractivity contribution >= 4 is 0 Å². The second kappa shape index (κ2) is 7.51. The van der Waals surface area contributed by atoms with Crippen LogP contribution < -0.4 is 4.74 Å². The van der Waals surface area contributed by atoms with Crippen LogP contribution in [0.1, 0.15) is 45.6 Å². The van der Waals surface area contributed by atoms with E-state index in [1.165, 1.54) is 0 Å². The molecule has 0 radical (unpaired) electrons. The van der Waals surface area contributed by atoms with Crippen molar-refractivity contribution in [3.63, 3.8) is 0 Å². The molecule has 0 aliphatic heterocycles. The van der Waals surface area contributed by atoms with E-state index in [1.54, 1.807) is 6.92 Å². The first kappa shape index (κ1) is 16.0. The highest BCUT2D eigenvalue weighted by atomic mass is 16.5. The molecule has 1 aromatic rings. The molecule has 1 rings (SSSR count). The molecule has 3 heteroatoms. The van der Waals surface area contributed by atoms with Crippen LogP contribution in [0.15, 0.2) is 24.3 Å². The molecule has 19 heavy (non-hydrogen) atoms. The van der Waals surface area contributed by atoms with Crippen molar-refractivity contribution in [1.29, 1.82) is 0 Å². The van der Waals surface area contributed by atoms with Crippen LogP contribution in [-0.2, 0) is 0 Å². The van der Waals surface area contributed by atoms with Gasteiger partial charge in [0.25, 0.3) is 0 Å². The molecule has 1 aromatic carbocycles. The minimum atomic E-state index is -0.703. The van der Waals surface area contributed by atoms with Gasteiger partial charge in [-0.1, -0.05) is 39.0 Å². The van der Waals surface area contributed by atoms with Gasteiger partial charge in [0, 0.05) is 0 Å². The van der Waals surface area contributed by atoms with Gasteiger partial charge >= 0.3 is 0 Å². The Morgan fingerprint density at radius 1 is 1.05 bits per heavy atom. The van der Waals surface area contributed by atoms with E-state index in [0.29, 0.717) is 18.9 Å². The minimum Gasteiger partial charge on any atom is -0.493 e. The average Bonchev–Trinajstić information content (AvgIpc) is 2.36. The molecule has 0 saturated heterocycles. The van der Waals surface area contributed by atoms with Crippen molar-refractivity contribution in [3.8, 4) is 5.75 Å². The predicted octanol–water partition coefficient (Wildman–Crippen LogP) is 2.96. The number of para-hydroxylation sites is 1. The van der Waals surface area contributed by atoms with Gasteiger partial charge in [-0.2, -0.15) is 0 Å². The van der Waals surface area contributed by atoms with Gasteiger partial charge in [0.2, 0.25) is 0 Å². The van der Waals surface area contributed by atoms with E-state index in [0.717, 1.165) is 11.3 Å². The molecule has 0 bridgehead atoms. The standard InChI is InChI=1S/C16H26O3/c1-11(2)10-19-16-8-6-5-7-14(16)12(3)9-15(18)13(4)17/h5-8,11-13,15,17-18H,9-10H2,1-4H3. The summed E-state index contributed by atoms with van der Waals surface area (Å²) in [5.41, 5.74) is 1.09. The Balaban J connectivity index is 2.75. The molecule has 0 aliphatic rings. The molecule has 0 amide bonds. The molecule has 108 valence electrons. The summed E-state index contributed by atoms with van der Waals surface area (Å²) in [5.74, 6) is 1.50. The lowest BCUT2D eigenvalue weighted by molar-refractivity contribution is 0.0226. The third kappa shape index (κ3) is 5.21. The van der Waals surface area contributed by atoms with E-state index in [-0.39, 0.29) is 5.92 Å². The Bertz CT molecular complexity index is 374. The van der Waals surface area contributed by atoms with E-state index in [1.807, 2.05) is 31.2 Å². The number of aliphatic hydroxyl groups excluding tert-OH is 2. The van der Waals surface area contributed by atoms with Crippen LogP contribution in [0.5, 0.6) is 5.75 Å². The zero-order valence-corrected chi connectivity index (χ0v) is 12.3. The molecule has 2 N–H and O–H groups in total. The second-order valence-corrected chi connectivity index (χ2v) is 5.69. The first-order valence-electron chi connectivity index (χ1n) is 6.99. The van der Waals surface area contributed by atoms with E-state index >= 15 is 0 Å². The maximum atomic E-state index is 9.78. The highest BCUT2D eigenvalue weighted by molar-refractivity contribution is 5.36. The highest BCUT2D eigenvalue weighted by Crippen LogP contribution is 2.30. The molecule has 0 fully saturated rings. The highest BCUT2D eigenvalue weighted by Gasteiger charge is 2.18. The summed E-state index contributed by atoms with van der Waals surface area (Å²) in [6.45, 7) is 8.57. The summed E-state index contributed by atoms with van der Waals surface area (Å²) < 4.78 is 5.82. The van der Waals surface area contributed by atoms with Crippen molar-refractivity contribution < 1.29 is 14.9 Å². The number of hydrogen-bond donors (Lipinski definition) is 2. The van der Waals surface area contributed by atoms with Crippen molar-refractivity contribution in [3.05, 3.63) is 29.8 Å². The van der Waals surface area contributed by atoms with Gasteiger partial charge in [0.15, 0.2) is 0 Å². The summed E-state index contributed by atoms with van der Waals surface area (Å²) in [7, 11) is 0. The molecular weight excluding hydrogens is 240 g/mol. The van der Waals surface area contributed by atoms with Crippen LogP contribution in [0.2, 0.25) is 0 Å². The average molecular weight is 266 g/mol. The van der Waals surface area contributed by atoms with Crippen molar-refractivity contribution in [2.24, 2.45) is 5.92 Å². The van der Waals surface area contributed by atoms with E-state index in [2.05, 4.69) is 13.8 Å². The van der Waals surface area contributed by atoms with Gasteiger partial charge in [0.05, 0.1) is 18.8 Å². The monoisotopic (exact) mass is 266 g/mol. The Hall–Kier alpha value is -1.06. The molecule has 3 unspecified atom stereocenters. The van der Waals surface area contributed by atoms with Crippen LogP contribution >= 0.6 is 0 Å². The maximum absolute atomic E-state index is 9.78.